The van der Waals surface area contributed by atoms with Crippen LogP contribution in [0.15, 0.2) is 54.6 Å². The first-order valence-electron chi connectivity index (χ1n) is 9.69. The second-order valence-electron chi connectivity index (χ2n) is 7.11. The van der Waals surface area contributed by atoms with E-state index in [9.17, 15) is 9.65 Å². The number of rotatable bonds is 6. The van der Waals surface area contributed by atoms with Crippen molar-refractivity contribution in [3.8, 4) is 11.8 Å². The van der Waals surface area contributed by atoms with Crippen LogP contribution in [0.1, 0.15) is 47.8 Å². The third-order valence-electron chi connectivity index (χ3n) is 5.06. The molecule has 0 amide bonds. The van der Waals surface area contributed by atoms with Gasteiger partial charge >= 0.3 is 0 Å². The zero-order valence-corrected chi connectivity index (χ0v) is 16.7. The van der Waals surface area contributed by atoms with Gasteiger partial charge in [-0.05, 0) is 79.8 Å². The lowest BCUT2D eigenvalue weighted by Gasteiger charge is -2.11. The minimum atomic E-state index is -0.304. The molecule has 2 nitrogen and oxygen atoms in total. The maximum Gasteiger partial charge on any atom is 0.123 e. The second-order valence-corrected chi connectivity index (χ2v) is 7.11. The van der Waals surface area contributed by atoms with Crippen molar-refractivity contribution >= 4 is 11.6 Å². The van der Waals surface area contributed by atoms with Crippen molar-refractivity contribution in [2.45, 2.75) is 40.0 Å². The Hall–Kier alpha value is -3.12. The summed E-state index contributed by atoms with van der Waals surface area (Å²) in [6.07, 6.45) is 5.39. The van der Waals surface area contributed by atoms with Gasteiger partial charge in [0.25, 0.3) is 0 Å². The molecule has 0 saturated heterocycles. The number of allylic oxidation sites excluding steroid dienone is 1. The van der Waals surface area contributed by atoms with Gasteiger partial charge in [0.2, 0.25) is 0 Å². The molecule has 2 aromatic carbocycles. The smallest absolute Gasteiger partial charge is 0.123 e. The highest BCUT2D eigenvalue weighted by Crippen LogP contribution is 2.26. The number of aryl methyl sites for hydroxylation is 2. The van der Waals surface area contributed by atoms with E-state index < -0.39 is 0 Å². The number of hydrogen-bond donors (Lipinski definition) is 0. The van der Waals surface area contributed by atoms with Crippen molar-refractivity contribution in [2.24, 2.45) is 0 Å². The molecular weight excluding hydrogens is 347 g/mol. The number of halogens is 1. The Morgan fingerprint density at radius 2 is 1.75 bits per heavy atom. The van der Waals surface area contributed by atoms with Gasteiger partial charge in [-0.3, -0.25) is 0 Å². The van der Waals surface area contributed by atoms with Gasteiger partial charge in [0.1, 0.15) is 5.82 Å². The summed E-state index contributed by atoms with van der Waals surface area (Å²) in [7, 11) is 0. The molecule has 0 aliphatic rings. The fraction of sp³-hybridized carbons (Fsp3) is 0.240. The number of hydrogen-bond acceptors (Lipinski definition) is 1. The van der Waals surface area contributed by atoms with E-state index in [1.807, 2.05) is 6.08 Å². The fourth-order valence-electron chi connectivity index (χ4n) is 3.49. The molecule has 0 bridgehead atoms. The summed E-state index contributed by atoms with van der Waals surface area (Å²) >= 11 is 0. The second kappa shape index (κ2) is 8.71. The molecule has 0 aliphatic heterocycles. The molecule has 0 atom stereocenters. The number of nitriles is 1. The minimum Gasteiger partial charge on any atom is -0.318 e. The lowest BCUT2D eigenvalue weighted by atomic mass is 10.0. The Morgan fingerprint density at radius 1 is 1.07 bits per heavy atom. The largest absolute Gasteiger partial charge is 0.318 e. The molecule has 0 spiro atoms. The van der Waals surface area contributed by atoms with Crippen LogP contribution >= 0.6 is 0 Å². The van der Waals surface area contributed by atoms with Crippen LogP contribution in [-0.2, 0) is 6.42 Å². The Kier molecular flexibility index (Phi) is 6.11. The first-order valence-corrected chi connectivity index (χ1v) is 9.69. The SMILES string of the molecule is CCCCc1ccc(-n2c(C)cc(C=C(C#N)c3ccc(F)cc3)c2C)cc1. The molecule has 0 radical (unpaired) electrons. The van der Waals surface area contributed by atoms with Crippen molar-refractivity contribution < 1.29 is 4.39 Å². The van der Waals surface area contributed by atoms with Gasteiger partial charge in [-0.2, -0.15) is 5.26 Å². The van der Waals surface area contributed by atoms with E-state index in [0.29, 0.717) is 11.1 Å². The summed E-state index contributed by atoms with van der Waals surface area (Å²) in [5.74, 6) is -0.304. The molecule has 0 aliphatic carbocycles. The van der Waals surface area contributed by atoms with Gasteiger partial charge in [-0.1, -0.05) is 37.6 Å². The monoisotopic (exact) mass is 372 g/mol. The lowest BCUT2D eigenvalue weighted by molar-refractivity contribution is 0.627. The number of unbranched alkanes of at least 4 members (excludes halogenated alkanes) is 1. The van der Waals surface area contributed by atoms with Crippen molar-refractivity contribution in [3.05, 3.63) is 88.5 Å². The van der Waals surface area contributed by atoms with Gasteiger partial charge in [0.15, 0.2) is 0 Å². The topological polar surface area (TPSA) is 28.7 Å². The van der Waals surface area contributed by atoms with Gasteiger partial charge < -0.3 is 4.57 Å². The van der Waals surface area contributed by atoms with Crippen LogP contribution in [0.2, 0.25) is 0 Å². The Labute approximate surface area is 166 Å². The number of nitrogens with zero attached hydrogens (tertiary/aromatic N) is 2. The van der Waals surface area contributed by atoms with Crippen LogP contribution in [-0.4, -0.2) is 4.57 Å². The summed E-state index contributed by atoms with van der Waals surface area (Å²) in [6.45, 7) is 6.33. The summed E-state index contributed by atoms with van der Waals surface area (Å²) < 4.78 is 15.4. The average Bonchev–Trinajstić information content (AvgIpc) is 2.99. The van der Waals surface area contributed by atoms with Crippen molar-refractivity contribution in [1.82, 2.24) is 4.57 Å². The summed E-state index contributed by atoms with van der Waals surface area (Å²) in [5.41, 5.74) is 6.90. The van der Waals surface area contributed by atoms with Gasteiger partial charge in [0, 0.05) is 17.1 Å². The van der Waals surface area contributed by atoms with E-state index in [1.54, 1.807) is 12.1 Å². The summed E-state index contributed by atoms with van der Waals surface area (Å²) in [4.78, 5) is 0. The van der Waals surface area contributed by atoms with E-state index >= 15 is 0 Å². The van der Waals surface area contributed by atoms with Crippen molar-refractivity contribution in [1.29, 1.82) is 5.26 Å². The van der Waals surface area contributed by atoms with Crippen molar-refractivity contribution in [3.63, 3.8) is 0 Å². The maximum absolute atomic E-state index is 13.2. The summed E-state index contributed by atoms with van der Waals surface area (Å²) in [6, 6.07) is 19.1. The lowest BCUT2D eigenvalue weighted by Crippen LogP contribution is -1.99. The minimum absolute atomic E-state index is 0.304. The van der Waals surface area contributed by atoms with Crippen LogP contribution in [0.3, 0.4) is 0 Å². The Balaban J connectivity index is 1.95. The Morgan fingerprint density at radius 3 is 2.36 bits per heavy atom. The fourth-order valence-corrected chi connectivity index (χ4v) is 3.49. The maximum atomic E-state index is 13.2. The Bertz CT molecular complexity index is 1020. The average molecular weight is 372 g/mol. The zero-order valence-electron chi connectivity index (χ0n) is 16.7. The third-order valence-corrected chi connectivity index (χ3v) is 5.06. The standard InChI is InChI=1S/C25H25FN2/c1-4-5-6-20-7-13-25(14-8-20)28-18(2)15-22(19(28)3)16-23(17-27)21-9-11-24(26)12-10-21/h7-16H,4-6H2,1-3H3. The van der Waals surface area contributed by atoms with E-state index in [-0.39, 0.29) is 5.82 Å². The normalized spacial score (nSPS) is 11.5. The van der Waals surface area contributed by atoms with E-state index in [4.69, 9.17) is 0 Å². The van der Waals surface area contributed by atoms with Crippen LogP contribution in [0.25, 0.3) is 17.3 Å². The molecule has 1 heterocycles. The van der Waals surface area contributed by atoms with Gasteiger partial charge in [0.05, 0.1) is 11.6 Å². The molecule has 0 N–H and O–H groups in total. The van der Waals surface area contributed by atoms with E-state index in [2.05, 4.69) is 61.7 Å². The third kappa shape index (κ3) is 4.23. The molecule has 3 heteroatoms. The predicted octanol–water partition coefficient (Wildman–Crippen LogP) is 6.64. The quantitative estimate of drug-likeness (QED) is 0.446. The molecular formula is C25H25FN2. The predicted molar refractivity (Wildman–Crippen MR) is 114 cm³/mol. The van der Waals surface area contributed by atoms with Crippen LogP contribution in [0, 0.1) is 31.0 Å². The van der Waals surface area contributed by atoms with Gasteiger partial charge in [-0.15, -0.1) is 0 Å². The molecule has 3 aromatic rings. The molecule has 0 fully saturated rings. The van der Waals surface area contributed by atoms with Crippen LogP contribution in [0.5, 0.6) is 0 Å². The van der Waals surface area contributed by atoms with Gasteiger partial charge in [-0.25, -0.2) is 4.39 Å². The first-order chi connectivity index (χ1) is 13.5. The zero-order chi connectivity index (χ0) is 20.1. The molecule has 0 unspecified atom stereocenters. The van der Waals surface area contributed by atoms with E-state index in [0.717, 1.165) is 29.1 Å². The first kappa shape index (κ1) is 19.6. The number of aromatic nitrogens is 1. The van der Waals surface area contributed by atoms with E-state index in [1.165, 1.54) is 30.5 Å². The molecule has 142 valence electrons. The summed E-state index contributed by atoms with van der Waals surface area (Å²) in [5, 5.41) is 9.58. The molecule has 1 aromatic heterocycles. The van der Waals surface area contributed by atoms with Crippen molar-refractivity contribution in [2.75, 3.05) is 0 Å². The molecule has 28 heavy (non-hydrogen) atoms. The highest BCUT2D eigenvalue weighted by Gasteiger charge is 2.11. The number of benzene rings is 2. The highest BCUT2D eigenvalue weighted by atomic mass is 19.1. The molecule has 3 rings (SSSR count). The van der Waals surface area contributed by atoms with Crippen LogP contribution < -0.4 is 0 Å². The molecule has 0 saturated carbocycles. The highest BCUT2D eigenvalue weighted by molar-refractivity contribution is 5.90. The van der Waals surface area contributed by atoms with Crippen LogP contribution in [0.4, 0.5) is 4.39 Å².